The standard InChI is InChI=1S/C15H15F3N2O4/c1-3-20(4-2)14(24)9(7-19)12(22)8-5-10(15(16,17)18)13(23)11(21)6-8/h5-6,21-23H,3-4H2,1-2H3/b12-9-. The van der Waals surface area contributed by atoms with E-state index >= 15 is 0 Å². The molecule has 1 amide bonds. The fourth-order valence-electron chi connectivity index (χ4n) is 1.99. The number of phenolic OH excluding ortho intramolecular Hbond substituents is 2. The number of benzene rings is 1. The first kappa shape index (κ1) is 19.2. The highest BCUT2D eigenvalue weighted by atomic mass is 19.4. The lowest BCUT2D eigenvalue weighted by Crippen LogP contribution is -2.31. The van der Waals surface area contributed by atoms with Crippen molar-refractivity contribution in [3.8, 4) is 17.6 Å². The van der Waals surface area contributed by atoms with Gasteiger partial charge in [-0.1, -0.05) is 0 Å². The molecule has 0 aliphatic carbocycles. The minimum atomic E-state index is -5.01. The van der Waals surface area contributed by atoms with E-state index in [0.717, 1.165) is 0 Å². The predicted octanol–water partition coefficient (Wildman–Crippen LogP) is 2.78. The van der Waals surface area contributed by atoms with Crippen molar-refractivity contribution in [1.29, 1.82) is 5.26 Å². The molecule has 0 saturated carbocycles. The van der Waals surface area contributed by atoms with Gasteiger partial charge in [-0.15, -0.1) is 0 Å². The van der Waals surface area contributed by atoms with Crippen LogP contribution in [0.2, 0.25) is 0 Å². The van der Waals surface area contributed by atoms with Gasteiger partial charge in [0.15, 0.2) is 17.1 Å². The van der Waals surface area contributed by atoms with Gasteiger partial charge in [-0.2, -0.15) is 18.4 Å². The van der Waals surface area contributed by atoms with E-state index in [4.69, 9.17) is 5.26 Å². The van der Waals surface area contributed by atoms with Crippen molar-refractivity contribution in [2.75, 3.05) is 13.1 Å². The van der Waals surface area contributed by atoms with E-state index in [1.807, 2.05) is 0 Å². The van der Waals surface area contributed by atoms with Crippen LogP contribution < -0.4 is 0 Å². The molecular formula is C15H15F3N2O4. The van der Waals surface area contributed by atoms with Gasteiger partial charge in [0.25, 0.3) is 5.91 Å². The van der Waals surface area contributed by atoms with Crippen LogP contribution in [0.5, 0.6) is 11.5 Å². The van der Waals surface area contributed by atoms with Crippen LogP contribution in [0.15, 0.2) is 17.7 Å². The molecule has 0 atom stereocenters. The number of aliphatic hydroxyl groups is 1. The third kappa shape index (κ3) is 3.71. The maximum atomic E-state index is 12.8. The smallest absolute Gasteiger partial charge is 0.420 e. The number of nitriles is 1. The summed E-state index contributed by atoms with van der Waals surface area (Å²) in [7, 11) is 0. The number of rotatable bonds is 4. The van der Waals surface area contributed by atoms with Crippen LogP contribution in [0.4, 0.5) is 13.2 Å². The van der Waals surface area contributed by atoms with Crippen LogP contribution in [0.25, 0.3) is 5.76 Å². The Kier molecular flexibility index (Phi) is 5.69. The summed E-state index contributed by atoms with van der Waals surface area (Å²) in [5.41, 5.74) is -2.98. The van der Waals surface area contributed by atoms with Gasteiger partial charge in [0.1, 0.15) is 17.4 Å². The Morgan fingerprint density at radius 3 is 2.21 bits per heavy atom. The summed E-state index contributed by atoms with van der Waals surface area (Å²) >= 11 is 0. The van der Waals surface area contributed by atoms with E-state index in [2.05, 4.69) is 0 Å². The van der Waals surface area contributed by atoms with E-state index < -0.39 is 46.0 Å². The normalized spacial score (nSPS) is 12.3. The lowest BCUT2D eigenvalue weighted by Gasteiger charge is -2.18. The quantitative estimate of drug-likeness (QED) is 0.337. The average molecular weight is 344 g/mol. The minimum Gasteiger partial charge on any atom is -0.506 e. The number of phenols is 2. The molecule has 24 heavy (non-hydrogen) atoms. The molecule has 0 aliphatic rings. The summed E-state index contributed by atoms with van der Waals surface area (Å²) in [6, 6.07) is 2.43. The fourth-order valence-corrected chi connectivity index (χ4v) is 1.99. The van der Waals surface area contributed by atoms with Gasteiger partial charge >= 0.3 is 6.18 Å². The molecule has 130 valence electrons. The van der Waals surface area contributed by atoms with Crippen LogP contribution in [0, 0.1) is 11.3 Å². The summed E-state index contributed by atoms with van der Waals surface area (Å²) in [6.45, 7) is 3.70. The first-order valence-electron chi connectivity index (χ1n) is 6.84. The second-order valence-electron chi connectivity index (χ2n) is 4.70. The summed E-state index contributed by atoms with van der Waals surface area (Å²) < 4.78 is 38.5. The summed E-state index contributed by atoms with van der Waals surface area (Å²) in [5.74, 6) is -4.43. The molecule has 0 fully saturated rings. The maximum Gasteiger partial charge on any atom is 0.420 e. The zero-order chi connectivity index (χ0) is 18.7. The van der Waals surface area contributed by atoms with Gasteiger partial charge in [0.05, 0.1) is 0 Å². The van der Waals surface area contributed by atoms with Crippen molar-refractivity contribution in [3.05, 3.63) is 28.8 Å². The molecule has 0 heterocycles. The second kappa shape index (κ2) is 7.12. The van der Waals surface area contributed by atoms with Crippen molar-refractivity contribution < 1.29 is 33.3 Å². The molecule has 1 aromatic carbocycles. The van der Waals surface area contributed by atoms with Crippen LogP contribution in [-0.2, 0) is 11.0 Å². The average Bonchev–Trinajstić information content (AvgIpc) is 2.50. The van der Waals surface area contributed by atoms with Gasteiger partial charge < -0.3 is 20.2 Å². The highest BCUT2D eigenvalue weighted by molar-refractivity contribution is 6.03. The highest BCUT2D eigenvalue weighted by Crippen LogP contribution is 2.42. The van der Waals surface area contributed by atoms with Crippen molar-refractivity contribution in [3.63, 3.8) is 0 Å². The number of carbonyl (C=O) groups excluding carboxylic acids is 1. The van der Waals surface area contributed by atoms with Gasteiger partial charge in [-0.3, -0.25) is 4.79 Å². The number of hydrogen-bond donors (Lipinski definition) is 3. The molecular weight excluding hydrogens is 329 g/mol. The molecule has 9 heteroatoms. The Hall–Kier alpha value is -2.89. The van der Waals surface area contributed by atoms with Crippen LogP contribution in [0.3, 0.4) is 0 Å². The zero-order valence-electron chi connectivity index (χ0n) is 12.8. The Morgan fingerprint density at radius 1 is 1.25 bits per heavy atom. The molecule has 0 aliphatic heterocycles. The highest BCUT2D eigenvalue weighted by Gasteiger charge is 2.36. The van der Waals surface area contributed by atoms with E-state index in [9.17, 15) is 33.3 Å². The summed E-state index contributed by atoms with van der Waals surface area (Å²) in [6.07, 6.45) is -5.01. The Labute approximate surface area is 135 Å². The number of alkyl halides is 3. The van der Waals surface area contributed by atoms with E-state index in [-0.39, 0.29) is 13.1 Å². The molecule has 0 radical (unpaired) electrons. The topological polar surface area (TPSA) is 105 Å². The van der Waals surface area contributed by atoms with Crippen molar-refractivity contribution in [2.45, 2.75) is 20.0 Å². The summed E-state index contributed by atoms with van der Waals surface area (Å²) in [5, 5.41) is 37.8. The largest absolute Gasteiger partial charge is 0.506 e. The van der Waals surface area contributed by atoms with Gasteiger partial charge in [0, 0.05) is 18.7 Å². The fraction of sp³-hybridized carbons (Fsp3) is 0.333. The maximum absolute atomic E-state index is 12.8. The molecule has 6 nitrogen and oxygen atoms in total. The van der Waals surface area contributed by atoms with Crippen molar-refractivity contribution >= 4 is 11.7 Å². The Balaban J connectivity index is 3.56. The number of aliphatic hydroxyl groups excluding tert-OH is 1. The molecule has 0 aromatic heterocycles. The first-order chi connectivity index (χ1) is 11.1. The SMILES string of the molecule is CCN(CC)C(=O)/C(C#N)=C(\O)c1cc(O)c(O)c(C(F)(F)F)c1. The number of likely N-dealkylation sites (N-methyl/N-ethyl adjacent to an activating group) is 1. The second-order valence-corrected chi connectivity index (χ2v) is 4.70. The molecule has 0 saturated heterocycles. The number of carbonyl (C=O) groups is 1. The molecule has 1 rings (SSSR count). The van der Waals surface area contributed by atoms with Crippen molar-refractivity contribution in [2.24, 2.45) is 0 Å². The predicted molar refractivity (Wildman–Crippen MR) is 77.9 cm³/mol. The molecule has 3 N–H and O–H groups in total. The van der Waals surface area contributed by atoms with E-state index in [1.54, 1.807) is 13.8 Å². The van der Waals surface area contributed by atoms with Gasteiger partial charge in [-0.05, 0) is 26.0 Å². The van der Waals surface area contributed by atoms with E-state index in [0.29, 0.717) is 12.1 Å². The third-order valence-corrected chi connectivity index (χ3v) is 3.28. The molecule has 0 unspecified atom stereocenters. The minimum absolute atomic E-state index is 0.225. The van der Waals surface area contributed by atoms with Crippen LogP contribution in [0.1, 0.15) is 25.0 Å². The zero-order valence-corrected chi connectivity index (χ0v) is 12.8. The Morgan fingerprint density at radius 2 is 1.79 bits per heavy atom. The molecule has 0 bridgehead atoms. The molecule has 0 spiro atoms. The summed E-state index contributed by atoms with van der Waals surface area (Å²) in [4.78, 5) is 13.3. The lowest BCUT2D eigenvalue weighted by molar-refractivity contribution is -0.139. The monoisotopic (exact) mass is 344 g/mol. The Bertz CT molecular complexity index is 717. The molecule has 1 aromatic rings. The first-order valence-corrected chi connectivity index (χ1v) is 6.84. The van der Waals surface area contributed by atoms with Crippen LogP contribution in [-0.4, -0.2) is 39.2 Å². The number of halogens is 3. The number of hydrogen-bond acceptors (Lipinski definition) is 5. The number of amides is 1. The number of aromatic hydroxyl groups is 2. The third-order valence-electron chi connectivity index (χ3n) is 3.28. The lowest BCUT2D eigenvalue weighted by atomic mass is 10.0. The van der Waals surface area contributed by atoms with Gasteiger partial charge in [0.2, 0.25) is 0 Å². The van der Waals surface area contributed by atoms with Gasteiger partial charge in [-0.25, -0.2) is 0 Å². The van der Waals surface area contributed by atoms with Crippen LogP contribution >= 0.6 is 0 Å². The van der Waals surface area contributed by atoms with E-state index in [1.165, 1.54) is 11.0 Å². The van der Waals surface area contributed by atoms with Crippen molar-refractivity contribution in [1.82, 2.24) is 4.90 Å². The number of nitrogens with zero attached hydrogens (tertiary/aromatic N) is 2.